The summed E-state index contributed by atoms with van der Waals surface area (Å²) in [5.41, 5.74) is 5.39. The standard InChI is InChI=1S/C15H21N3O4S.ClH/c1-22-14-5-4-12(8-13(14)15(16)19)23(20,21)18-7-6-10-2-3-11(9-18)17-10;/h4-5,8,10-11,17H,2-3,6-7,9H2,1H3,(H2,16,19);1H. The van der Waals surface area contributed by atoms with Crippen molar-refractivity contribution in [2.24, 2.45) is 5.73 Å². The highest BCUT2D eigenvalue weighted by atomic mass is 35.5. The molecule has 0 aliphatic carbocycles. The fraction of sp³-hybridized carbons (Fsp3) is 0.533. The van der Waals surface area contributed by atoms with E-state index < -0.39 is 15.9 Å². The Morgan fingerprint density at radius 3 is 2.67 bits per heavy atom. The van der Waals surface area contributed by atoms with Crippen LogP contribution < -0.4 is 15.8 Å². The molecule has 2 aliphatic heterocycles. The third kappa shape index (κ3) is 3.51. The molecule has 1 amide bonds. The average molecular weight is 376 g/mol. The summed E-state index contributed by atoms with van der Waals surface area (Å²) in [6.07, 6.45) is 2.90. The number of hydrogen-bond acceptors (Lipinski definition) is 5. The molecule has 2 fully saturated rings. The van der Waals surface area contributed by atoms with E-state index in [0.29, 0.717) is 19.1 Å². The number of nitrogens with one attached hydrogen (secondary N) is 1. The minimum Gasteiger partial charge on any atom is -0.496 e. The van der Waals surface area contributed by atoms with Gasteiger partial charge in [-0.05, 0) is 37.5 Å². The summed E-state index contributed by atoms with van der Waals surface area (Å²) in [6.45, 7) is 0.936. The van der Waals surface area contributed by atoms with Crippen molar-refractivity contribution < 1.29 is 17.9 Å². The number of nitrogens with zero attached hydrogens (tertiary/aromatic N) is 1. The summed E-state index contributed by atoms with van der Waals surface area (Å²) in [4.78, 5) is 11.6. The number of nitrogens with two attached hydrogens (primary N) is 1. The van der Waals surface area contributed by atoms with Crippen molar-refractivity contribution in [2.75, 3.05) is 20.2 Å². The maximum absolute atomic E-state index is 12.9. The topological polar surface area (TPSA) is 102 Å². The Bertz CT molecular complexity index is 725. The Morgan fingerprint density at radius 1 is 1.29 bits per heavy atom. The van der Waals surface area contributed by atoms with Crippen LogP contribution in [0.25, 0.3) is 0 Å². The molecule has 1 aromatic carbocycles. The number of methoxy groups -OCH3 is 1. The number of primary amides is 1. The van der Waals surface area contributed by atoms with Crippen LogP contribution in [0.15, 0.2) is 23.1 Å². The van der Waals surface area contributed by atoms with Gasteiger partial charge in [0.15, 0.2) is 0 Å². The van der Waals surface area contributed by atoms with Crippen molar-refractivity contribution in [3.05, 3.63) is 23.8 Å². The highest BCUT2D eigenvalue weighted by Crippen LogP contribution is 2.27. The smallest absolute Gasteiger partial charge is 0.252 e. The van der Waals surface area contributed by atoms with Gasteiger partial charge in [-0.1, -0.05) is 0 Å². The lowest BCUT2D eigenvalue weighted by molar-refractivity contribution is 0.0997. The molecule has 2 atom stereocenters. The number of hydrogen-bond donors (Lipinski definition) is 2. The van der Waals surface area contributed by atoms with Crippen LogP contribution in [-0.2, 0) is 10.0 Å². The Labute approximate surface area is 148 Å². The number of fused-ring (bicyclic) bond motifs is 2. The molecule has 2 saturated heterocycles. The molecule has 9 heteroatoms. The number of ether oxygens (including phenoxy) is 1. The number of carbonyl (C=O) groups excluding carboxylic acids is 1. The molecule has 0 radical (unpaired) electrons. The highest BCUT2D eigenvalue weighted by Gasteiger charge is 2.35. The van der Waals surface area contributed by atoms with E-state index >= 15 is 0 Å². The van der Waals surface area contributed by atoms with Crippen LogP contribution in [0.5, 0.6) is 5.75 Å². The van der Waals surface area contributed by atoms with Gasteiger partial charge in [-0.2, -0.15) is 4.31 Å². The van der Waals surface area contributed by atoms with Gasteiger partial charge in [-0.3, -0.25) is 4.79 Å². The normalized spacial score (nSPS) is 24.0. The molecule has 0 saturated carbocycles. The lowest BCUT2D eigenvalue weighted by atomic mass is 10.1. The Balaban J connectivity index is 0.00000208. The molecule has 7 nitrogen and oxygen atoms in total. The first-order chi connectivity index (χ1) is 10.9. The van der Waals surface area contributed by atoms with Gasteiger partial charge < -0.3 is 15.8 Å². The van der Waals surface area contributed by atoms with Crippen molar-refractivity contribution in [1.82, 2.24) is 9.62 Å². The van der Waals surface area contributed by atoms with Gasteiger partial charge in [0.05, 0.1) is 17.6 Å². The predicted octanol–water partition coefficient (Wildman–Crippen LogP) is 0.731. The molecule has 2 aliphatic rings. The Morgan fingerprint density at radius 2 is 2.00 bits per heavy atom. The molecular weight excluding hydrogens is 354 g/mol. The van der Waals surface area contributed by atoms with Crippen molar-refractivity contribution in [3.63, 3.8) is 0 Å². The first kappa shape index (κ1) is 19.0. The molecule has 3 rings (SSSR count). The maximum Gasteiger partial charge on any atom is 0.252 e. The quantitative estimate of drug-likeness (QED) is 0.807. The van der Waals surface area contributed by atoms with Crippen LogP contribution in [0.2, 0.25) is 0 Å². The number of benzene rings is 1. The van der Waals surface area contributed by atoms with Crippen LogP contribution in [0.4, 0.5) is 0 Å². The zero-order valence-electron chi connectivity index (χ0n) is 13.4. The van der Waals surface area contributed by atoms with E-state index in [1.165, 1.54) is 29.6 Å². The van der Waals surface area contributed by atoms with Crippen LogP contribution >= 0.6 is 12.4 Å². The number of rotatable bonds is 4. The molecule has 2 bridgehead atoms. The fourth-order valence-corrected chi connectivity index (χ4v) is 4.85. The summed E-state index contributed by atoms with van der Waals surface area (Å²) in [6, 6.07) is 4.82. The van der Waals surface area contributed by atoms with Gasteiger partial charge >= 0.3 is 0 Å². The van der Waals surface area contributed by atoms with Crippen molar-refractivity contribution >= 4 is 28.3 Å². The molecule has 2 heterocycles. The van der Waals surface area contributed by atoms with Gasteiger partial charge in [0.25, 0.3) is 5.91 Å². The van der Waals surface area contributed by atoms with E-state index in [9.17, 15) is 13.2 Å². The first-order valence-electron chi connectivity index (χ1n) is 7.66. The second kappa shape index (κ2) is 7.26. The molecule has 0 aromatic heterocycles. The number of carbonyl (C=O) groups is 1. The SMILES string of the molecule is COc1ccc(S(=O)(=O)N2CCC3CCC(C2)N3)cc1C(N)=O.Cl. The number of amides is 1. The Kier molecular flexibility index (Phi) is 5.74. The molecule has 0 spiro atoms. The van der Waals surface area contributed by atoms with E-state index in [1.54, 1.807) is 0 Å². The van der Waals surface area contributed by atoms with Gasteiger partial charge in [0, 0.05) is 25.2 Å². The minimum atomic E-state index is -3.66. The first-order valence-corrected chi connectivity index (χ1v) is 9.10. The van der Waals surface area contributed by atoms with E-state index in [-0.39, 0.29) is 34.7 Å². The minimum absolute atomic E-state index is 0. The van der Waals surface area contributed by atoms with E-state index in [2.05, 4.69) is 5.32 Å². The van der Waals surface area contributed by atoms with Crippen LogP contribution in [0, 0.1) is 0 Å². The maximum atomic E-state index is 12.9. The van der Waals surface area contributed by atoms with Crippen molar-refractivity contribution in [1.29, 1.82) is 0 Å². The van der Waals surface area contributed by atoms with E-state index in [1.807, 2.05) is 0 Å². The lowest BCUT2D eigenvalue weighted by Crippen LogP contribution is -2.39. The summed E-state index contributed by atoms with van der Waals surface area (Å²) in [7, 11) is -2.25. The monoisotopic (exact) mass is 375 g/mol. The summed E-state index contributed by atoms with van der Waals surface area (Å²) < 4.78 is 32.3. The average Bonchev–Trinajstić information content (AvgIpc) is 2.84. The van der Waals surface area contributed by atoms with Crippen LogP contribution in [-0.4, -0.2) is 50.9 Å². The van der Waals surface area contributed by atoms with Crippen LogP contribution in [0.3, 0.4) is 0 Å². The number of halogens is 1. The molecular formula is C15H22ClN3O4S. The number of sulfonamides is 1. The Hall–Kier alpha value is -1.35. The molecule has 3 N–H and O–H groups in total. The second-order valence-corrected chi connectivity index (χ2v) is 7.95. The van der Waals surface area contributed by atoms with Crippen molar-refractivity contribution in [3.8, 4) is 5.75 Å². The third-order valence-corrected chi connectivity index (χ3v) is 6.42. The van der Waals surface area contributed by atoms with E-state index in [4.69, 9.17) is 10.5 Å². The van der Waals surface area contributed by atoms with Gasteiger partial charge in [0.1, 0.15) is 5.75 Å². The molecule has 2 unspecified atom stereocenters. The second-order valence-electron chi connectivity index (χ2n) is 6.02. The van der Waals surface area contributed by atoms with E-state index in [0.717, 1.165) is 19.3 Å². The highest BCUT2D eigenvalue weighted by molar-refractivity contribution is 7.89. The van der Waals surface area contributed by atoms with Gasteiger partial charge in [-0.15, -0.1) is 12.4 Å². The van der Waals surface area contributed by atoms with Crippen molar-refractivity contribution in [2.45, 2.75) is 36.2 Å². The van der Waals surface area contributed by atoms with Crippen LogP contribution in [0.1, 0.15) is 29.6 Å². The van der Waals surface area contributed by atoms with Gasteiger partial charge in [-0.25, -0.2) is 8.42 Å². The summed E-state index contributed by atoms with van der Waals surface area (Å²) >= 11 is 0. The summed E-state index contributed by atoms with van der Waals surface area (Å²) in [5.74, 6) is -0.441. The molecule has 24 heavy (non-hydrogen) atoms. The molecule has 134 valence electrons. The third-order valence-electron chi connectivity index (χ3n) is 4.56. The lowest BCUT2D eigenvalue weighted by Gasteiger charge is -2.24. The largest absolute Gasteiger partial charge is 0.496 e. The van der Waals surface area contributed by atoms with Gasteiger partial charge in [0.2, 0.25) is 10.0 Å². The fourth-order valence-electron chi connectivity index (χ4n) is 3.32. The predicted molar refractivity (Wildman–Crippen MR) is 92.1 cm³/mol. The zero-order valence-corrected chi connectivity index (χ0v) is 15.0. The summed E-state index contributed by atoms with van der Waals surface area (Å²) in [5, 5.41) is 3.45. The molecule has 1 aromatic rings. The zero-order chi connectivity index (χ0) is 16.6.